The van der Waals surface area contributed by atoms with Gasteiger partial charge in [0.2, 0.25) is 0 Å². The maximum Gasteiger partial charge on any atom is 0.00913 e. The van der Waals surface area contributed by atoms with Gasteiger partial charge in [-0.2, -0.15) is 0 Å². The first-order valence-corrected chi connectivity index (χ1v) is 7.28. The molecule has 2 N–H and O–H groups in total. The van der Waals surface area contributed by atoms with Gasteiger partial charge in [0.15, 0.2) is 0 Å². The van der Waals surface area contributed by atoms with Gasteiger partial charge in [0, 0.05) is 6.04 Å². The highest BCUT2D eigenvalue weighted by atomic mass is 15.0. The number of benzene rings is 1. The van der Waals surface area contributed by atoms with Gasteiger partial charge in [-0.25, -0.2) is 0 Å². The Bertz CT molecular complexity index is 337. The first kappa shape index (κ1) is 13.6. The van der Waals surface area contributed by atoms with Crippen LogP contribution < -0.4 is 10.6 Å². The van der Waals surface area contributed by atoms with E-state index in [-0.39, 0.29) is 0 Å². The van der Waals surface area contributed by atoms with Gasteiger partial charge in [-0.15, -0.1) is 0 Å². The predicted octanol–water partition coefficient (Wildman–Crippen LogP) is 2.69. The first-order valence-electron chi connectivity index (χ1n) is 7.28. The van der Waals surface area contributed by atoms with Crippen LogP contribution in [0.15, 0.2) is 24.3 Å². The molecule has 1 heterocycles. The smallest absolute Gasteiger partial charge is 0.00913 e. The van der Waals surface area contributed by atoms with E-state index in [1.165, 1.54) is 37.1 Å². The largest absolute Gasteiger partial charge is 0.317 e. The Kier molecular flexibility index (Phi) is 5.21. The summed E-state index contributed by atoms with van der Waals surface area (Å²) in [6.07, 6.45) is 3.68. The number of nitrogens with one attached hydrogen (secondary N) is 2. The Labute approximate surface area is 111 Å². The molecule has 0 unspecified atom stereocenters. The lowest BCUT2D eigenvalue weighted by Crippen LogP contribution is -2.40. The van der Waals surface area contributed by atoms with Crippen LogP contribution in [0.3, 0.4) is 0 Å². The highest BCUT2D eigenvalue weighted by Gasteiger charge is 2.11. The maximum absolute atomic E-state index is 3.67. The van der Waals surface area contributed by atoms with Crippen molar-refractivity contribution < 1.29 is 0 Å². The average Bonchev–Trinajstić information content (AvgIpc) is 2.40. The summed E-state index contributed by atoms with van der Waals surface area (Å²) in [4.78, 5) is 0. The highest BCUT2D eigenvalue weighted by molar-refractivity contribution is 5.24. The molecule has 2 nitrogen and oxygen atoms in total. The number of piperidine rings is 1. The molecule has 2 rings (SSSR count). The third kappa shape index (κ3) is 4.11. The maximum atomic E-state index is 3.67. The van der Waals surface area contributed by atoms with E-state index in [4.69, 9.17) is 0 Å². The molecule has 0 spiro atoms. The summed E-state index contributed by atoms with van der Waals surface area (Å²) in [5.41, 5.74) is 2.88. The van der Waals surface area contributed by atoms with E-state index in [2.05, 4.69) is 48.7 Å². The zero-order valence-electron chi connectivity index (χ0n) is 11.7. The molecule has 1 saturated heterocycles. The molecule has 1 aliphatic heterocycles. The number of hydrogen-bond donors (Lipinski definition) is 2. The molecule has 18 heavy (non-hydrogen) atoms. The molecule has 1 aliphatic rings. The minimum atomic E-state index is 0.631. The molecule has 1 fully saturated rings. The fraction of sp³-hybridized carbons (Fsp3) is 0.625. The molecule has 0 amide bonds. The van der Waals surface area contributed by atoms with Gasteiger partial charge in [-0.3, -0.25) is 0 Å². The third-order valence-electron chi connectivity index (χ3n) is 3.83. The standard InChI is InChI=1S/C16H26N2/c1-13(2)15-5-3-14(4-6-15)7-12-18-16-8-10-17-11-9-16/h3-6,13,16-18H,7-12H2,1-2H3. The second kappa shape index (κ2) is 6.91. The quantitative estimate of drug-likeness (QED) is 0.834. The molecule has 0 radical (unpaired) electrons. The normalized spacial score (nSPS) is 17.3. The molecule has 0 atom stereocenters. The molecule has 100 valence electrons. The van der Waals surface area contributed by atoms with Crippen LogP contribution in [0, 0.1) is 0 Å². The second-order valence-corrected chi connectivity index (χ2v) is 5.62. The van der Waals surface area contributed by atoms with Crippen LogP contribution in [0.4, 0.5) is 0 Å². The summed E-state index contributed by atoms with van der Waals surface area (Å²) in [5, 5.41) is 7.07. The SMILES string of the molecule is CC(C)c1ccc(CCNC2CCNCC2)cc1. The van der Waals surface area contributed by atoms with Crippen LogP contribution >= 0.6 is 0 Å². The summed E-state index contributed by atoms with van der Waals surface area (Å²) < 4.78 is 0. The van der Waals surface area contributed by atoms with Crippen LogP contribution in [0.2, 0.25) is 0 Å². The van der Waals surface area contributed by atoms with Crippen molar-refractivity contribution >= 4 is 0 Å². The summed E-state index contributed by atoms with van der Waals surface area (Å²) in [6, 6.07) is 9.81. The molecular formula is C16H26N2. The molecule has 1 aromatic carbocycles. The van der Waals surface area contributed by atoms with Crippen molar-refractivity contribution in [2.45, 2.75) is 45.1 Å². The van der Waals surface area contributed by atoms with E-state index < -0.39 is 0 Å². The minimum Gasteiger partial charge on any atom is -0.317 e. The fourth-order valence-corrected chi connectivity index (χ4v) is 2.52. The fourth-order valence-electron chi connectivity index (χ4n) is 2.52. The van der Waals surface area contributed by atoms with Crippen LogP contribution in [0.25, 0.3) is 0 Å². The average molecular weight is 246 g/mol. The Morgan fingerprint density at radius 3 is 2.44 bits per heavy atom. The van der Waals surface area contributed by atoms with Crippen LogP contribution in [0.5, 0.6) is 0 Å². The van der Waals surface area contributed by atoms with Crippen molar-refractivity contribution in [3.8, 4) is 0 Å². The first-order chi connectivity index (χ1) is 8.75. The minimum absolute atomic E-state index is 0.631. The zero-order valence-corrected chi connectivity index (χ0v) is 11.7. The van der Waals surface area contributed by atoms with Crippen LogP contribution in [-0.2, 0) is 6.42 Å². The van der Waals surface area contributed by atoms with Crippen LogP contribution in [0.1, 0.15) is 43.7 Å². The van der Waals surface area contributed by atoms with Gasteiger partial charge in [0.05, 0.1) is 0 Å². The van der Waals surface area contributed by atoms with E-state index in [0.29, 0.717) is 5.92 Å². The van der Waals surface area contributed by atoms with Gasteiger partial charge in [-0.1, -0.05) is 38.1 Å². The monoisotopic (exact) mass is 246 g/mol. The molecular weight excluding hydrogens is 220 g/mol. The van der Waals surface area contributed by atoms with Crippen molar-refractivity contribution in [2.24, 2.45) is 0 Å². The Morgan fingerprint density at radius 2 is 1.83 bits per heavy atom. The van der Waals surface area contributed by atoms with E-state index in [1.54, 1.807) is 0 Å². The van der Waals surface area contributed by atoms with Gasteiger partial charge in [0.25, 0.3) is 0 Å². The molecule has 1 aromatic rings. The number of hydrogen-bond acceptors (Lipinski definition) is 2. The Hall–Kier alpha value is -0.860. The van der Waals surface area contributed by atoms with Crippen LogP contribution in [-0.4, -0.2) is 25.7 Å². The molecule has 0 bridgehead atoms. The lowest BCUT2D eigenvalue weighted by molar-refractivity contribution is 0.389. The lowest BCUT2D eigenvalue weighted by Gasteiger charge is -2.23. The molecule has 0 aliphatic carbocycles. The molecule has 2 heteroatoms. The summed E-state index contributed by atoms with van der Waals surface area (Å²) >= 11 is 0. The summed E-state index contributed by atoms with van der Waals surface area (Å²) in [5.74, 6) is 0.631. The van der Waals surface area contributed by atoms with Crippen molar-refractivity contribution in [1.29, 1.82) is 0 Å². The van der Waals surface area contributed by atoms with Gasteiger partial charge in [-0.05, 0) is 55.9 Å². The van der Waals surface area contributed by atoms with Crippen molar-refractivity contribution in [3.05, 3.63) is 35.4 Å². The van der Waals surface area contributed by atoms with Crippen molar-refractivity contribution in [3.63, 3.8) is 0 Å². The lowest BCUT2D eigenvalue weighted by atomic mass is 10.0. The zero-order chi connectivity index (χ0) is 12.8. The van der Waals surface area contributed by atoms with Gasteiger partial charge < -0.3 is 10.6 Å². The molecule has 0 aromatic heterocycles. The Balaban J connectivity index is 1.72. The van der Waals surface area contributed by atoms with E-state index >= 15 is 0 Å². The van der Waals surface area contributed by atoms with Gasteiger partial charge >= 0.3 is 0 Å². The van der Waals surface area contributed by atoms with Gasteiger partial charge in [0.1, 0.15) is 0 Å². The number of rotatable bonds is 5. The summed E-state index contributed by atoms with van der Waals surface area (Å²) in [6.45, 7) is 7.93. The van der Waals surface area contributed by atoms with E-state index in [0.717, 1.165) is 19.0 Å². The second-order valence-electron chi connectivity index (χ2n) is 5.62. The van der Waals surface area contributed by atoms with E-state index in [1.807, 2.05) is 0 Å². The predicted molar refractivity (Wildman–Crippen MR) is 78.1 cm³/mol. The third-order valence-corrected chi connectivity index (χ3v) is 3.83. The van der Waals surface area contributed by atoms with E-state index in [9.17, 15) is 0 Å². The topological polar surface area (TPSA) is 24.1 Å². The molecule has 0 saturated carbocycles. The highest BCUT2D eigenvalue weighted by Crippen LogP contribution is 2.14. The Morgan fingerprint density at radius 1 is 1.17 bits per heavy atom. The van der Waals surface area contributed by atoms with Crippen molar-refractivity contribution in [1.82, 2.24) is 10.6 Å². The summed E-state index contributed by atoms with van der Waals surface area (Å²) in [7, 11) is 0. The van der Waals surface area contributed by atoms with Crippen molar-refractivity contribution in [2.75, 3.05) is 19.6 Å².